The van der Waals surface area contributed by atoms with Crippen LogP contribution in [-0.2, 0) is 16.1 Å². The molecule has 1 amide bonds. The molecule has 2 atom stereocenters. The summed E-state index contributed by atoms with van der Waals surface area (Å²) in [6.07, 6.45) is 1.34. The molecular formula is C16H19NO3. The molecule has 2 saturated heterocycles. The van der Waals surface area contributed by atoms with Gasteiger partial charge in [-0.25, -0.2) is 4.79 Å². The summed E-state index contributed by atoms with van der Waals surface area (Å²) in [6, 6.07) is 9.70. The van der Waals surface area contributed by atoms with Crippen molar-refractivity contribution >= 4 is 6.09 Å². The van der Waals surface area contributed by atoms with Crippen molar-refractivity contribution in [3.05, 3.63) is 48.0 Å². The second kappa shape index (κ2) is 5.67. The highest BCUT2D eigenvalue weighted by atomic mass is 16.6. The highest BCUT2D eigenvalue weighted by Gasteiger charge is 2.41. The molecule has 0 spiro atoms. The average Bonchev–Trinajstić information content (AvgIpc) is 2.91. The summed E-state index contributed by atoms with van der Waals surface area (Å²) in [5, 5.41) is 0. The molecule has 106 valence electrons. The minimum atomic E-state index is -0.295. The molecule has 4 nitrogen and oxygen atoms in total. The predicted molar refractivity (Wildman–Crippen MR) is 74.9 cm³/mol. The van der Waals surface area contributed by atoms with Crippen molar-refractivity contribution in [1.29, 1.82) is 0 Å². The number of nitrogens with zero attached hydrogens (tertiary/aromatic N) is 1. The minimum absolute atomic E-state index is 0.181. The Morgan fingerprint density at radius 2 is 2.20 bits per heavy atom. The maximum absolute atomic E-state index is 12.2. The molecule has 2 aliphatic heterocycles. The lowest BCUT2D eigenvalue weighted by molar-refractivity contribution is -0.0627. The summed E-state index contributed by atoms with van der Waals surface area (Å²) in [6.45, 7) is 5.71. The molecule has 2 fully saturated rings. The number of ether oxygens (including phenoxy) is 2. The number of hydrogen-bond donors (Lipinski definition) is 0. The maximum Gasteiger partial charge on any atom is 0.412 e. The van der Waals surface area contributed by atoms with Gasteiger partial charge >= 0.3 is 6.09 Å². The molecule has 1 aromatic carbocycles. The Labute approximate surface area is 119 Å². The number of carbonyl (C=O) groups excluding carboxylic acids is 1. The lowest BCUT2D eigenvalue weighted by Crippen LogP contribution is -2.42. The van der Waals surface area contributed by atoms with E-state index in [0.717, 1.165) is 18.4 Å². The van der Waals surface area contributed by atoms with Gasteiger partial charge in [-0.05, 0) is 18.4 Å². The van der Waals surface area contributed by atoms with Crippen molar-refractivity contribution in [3.63, 3.8) is 0 Å². The normalized spacial score (nSPS) is 25.4. The zero-order valence-electron chi connectivity index (χ0n) is 11.5. The first-order chi connectivity index (χ1) is 9.75. The molecule has 0 N–H and O–H groups in total. The lowest BCUT2D eigenvalue weighted by Gasteiger charge is -2.32. The largest absolute Gasteiger partial charge is 0.444 e. The highest BCUT2D eigenvalue weighted by Crippen LogP contribution is 2.35. The van der Waals surface area contributed by atoms with Gasteiger partial charge in [-0.3, -0.25) is 4.90 Å². The van der Waals surface area contributed by atoms with Crippen molar-refractivity contribution in [2.45, 2.75) is 25.7 Å². The first-order valence-corrected chi connectivity index (χ1v) is 7.02. The Morgan fingerprint density at radius 3 is 3.00 bits per heavy atom. The Balaban J connectivity index is 1.59. The molecule has 1 aromatic rings. The van der Waals surface area contributed by atoms with E-state index in [4.69, 9.17) is 9.47 Å². The number of amides is 1. The molecule has 20 heavy (non-hydrogen) atoms. The van der Waals surface area contributed by atoms with Crippen LogP contribution in [0.4, 0.5) is 4.79 Å². The van der Waals surface area contributed by atoms with Gasteiger partial charge in [-0.1, -0.05) is 42.5 Å². The SMILES string of the molecule is C=C1CCO[C@H]2[C@@H]1CCN2C(=O)OCc1ccccc1. The third-order valence-corrected chi connectivity index (χ3v) is 4.01. The van der Waals surface area contributed by atoms with Crippen LogP contribution >= 0.6 is 0 Å². The van der Waals surface area contributed by atoms with Crippen LogP contribution in [0.5, 0.6) is 0 Å². The number of hydrogen-bond acceptors (Lipinski definition) is 3. The highest BCUT2D eigenvalue weighted by molar-refractivity contribution is 5.68. The number of carbonyl (C=O) groups is 1. The summed E-state index contributed by atoms with van der Waals surface area (Å²) in [5.74, 6) is 0.271. The topological polar surface area (TPSA) is 38.8 Å². The molecule has 0 radical (unpaired) electrons. The van der Waals surface area contributed by atoms with Crippen molar-refractivity contribution < 1.29 is 14.3 Å². The van der Waals surface area contributed by atoms with Gasteiger partial charge in [0.2, 0.25) is 0 Å². The first kappa shape index (κ1) is 13.2. The molecular weight excluding hydrogens is 254 g/mol. The predicted octanol–water partition coefficient (Wildman–Crippen LogP) is 2.95. The molecule has 2 heterocycles. The second-order valence-corrected chi connectivity index (χ2v) is 5.30. The van der Waals surface area contributed by atoms with Gasteiger partial charge in [-0.15, -0.1) is 0 Å². The Hall–Kier alpha value is -1.81. The van der Waals surface area contributed by atoms with Gasteiger partial charge in [0.25, 0.3) is 0 Å². The van der Waals surface area contributed by atoms with Crippen molar-refractivity contribution in [3.8, 4) is 0 Å². The summed E-state index contributed by atoms with van der Waals surface area (Å²) in [4.78, 5) is 13.9. The van der Waals surface area contributed by atoms with E-state index in [0.29, 0.717) is 19.8 Å². The zero-order valence-corrected chi connectivity index (χ0v) is 11.5. The fraction of sp³-hybridized carbons (Fsp3) is 0.438. The summed E-state index contributed by atoms with van der Waals surface area (Å²) in [7, 11) is 0. The van der Waals surface area contributed by atoms with Crippen molar-refractivity contribution in [2.24, 2.45) is 5.92 Å². The minimum Gasteiger partial charge on any atom is -0.444 e. The van der Waals surface area contributed by atoms with Gasteiger partial charge in [-0.2, -0.15) is 0 Å². The second-order valence-electron chi connectivity index (χ2n) is 5.30. The zero-order chi connectivity index (χ0) is 13.9. The van der Waals surface area contributed by atoms with Crippen LogP contribution in [0.1, 0.15) is 18.4 Å². The van der Waals surface area contributed by atoms with E-state index >= 15 is 0 Å². The Morgan fingerprint density at radius 1 is 1.40 bits per heavy atom. The van der Waals surface area contributed by atoms with E-state index in [-0.39, 0.29) is 18.2 Å². The molecule has 2 aliphatic rings. The number of benzene rings is 1. The van der Waals surface area contributed by atoms with Crippen LogP contribution in [0.25, 0.3) is 0 Å². The van der Waals surface area contributed by atoms with E-state index in [9.17, 15) is 4.79 Å². The van der Waals surface area contributed by atoms with E-state index in [1.54, 1.807) is 4.90 Å². The van der Waals surface area contributed by atoms with Crippen molar-refractivity contribution in [1.82, 2.24) is 4.90 Å². The molecule has 3 rings (SSSR count). The fourth-order valence-corrected chi connectivity index (χ4v) is 2.87. The standard InChI is InChI=1S/C16H19NO3/c1-12-8-10-19-15-14(12)7-9-17(15)16(18)20-11-13-5-3-2-4-6-13/h2-6,14-15H,1,7-11H2/t14-,15+/m1/s1. The molecule has 0 aromatic heterocycles. The number of fused-ring (bicyclic) bond motifs is 1. The molecule has 0 saturated carbocycles. The molecule has 4 heteroatoms. The van der Waals surface area contributed by atoms with Gasteiger partial charge < -0.3 is 9.47 Å². The third-order valence-electron chi connectivity index (χ3n) is 4.01. The molecule has 0 unspecified atom stereocenters. The Kier molecular flexibility index (Phi) is 3.74. The average molecular weight is 273 g/mol. The Bertz CT molecular complexity index is 500. The van der Waals surface area contributed by atoms with Crippen LogP contribution in [-0.4, -0.2) is 30.4 Å². The smallest absolute Gasteiger partial charge is 0.412 e. The number of rotatable bonds is 2. The molecule has 0 bridgehead atoms. The van der Waals surface area contributed by atoms with Crippen LogP contribution in [0, 0.1) is 5.92 Å². The van der Waals surface area contributed by atoms with Crippen LogP contribution < -0.4 is 0 Å². The summed E-state index contributed by atoms with van der Waals surface area (Å²) < 4.78 is 11.1. The van der Waals surface area contributed by atoms with Gasteiger partial charge in [0.15, 0.2) is 0 Å². The quantitative estimate of drug-likeness (QED) is 0.778. The fourth-order valence-electron chi connectivity index (χ4n) is 2.87. The van der Waals surface area contributed by atoms with Crippen molar-refractivity contribution in [2.75, 3.05) is 13.2 Å². The van der Waals surface area contributed by atoms with Crippen LogP contribution in [0.15, 0.2) is 42.5 Å². The maximum atomic E-state index is 12.2. The van der Waals surface area contributed by atoms with E-state index in [1.165, 1.54) is 5.57 Å². The monoisotopic (exact) mass is 273 g/mol. The van der Waals surface area contributed by atoms with Gasteiger partial charge in [0.05, 0.1) is 6.61 Å². The van der Waals surface area contributed by atoms with E-state index in [2.05, 4.69) is 6.58 Å². The van der Waals surface area contributed by atoms with E-state index in [1.807, 2.05) is 30.3 Å². The van der Waals surface area contributed by atoms with E-state index < -0.39 is 0 Å². The summed E-state index contributed by atoms with van der Waals surface area (Å²) in [5.41, 5.74) is 2.19. The van der Waals surface area contributed by atoms with Gasteiger partial charge in [0, 0.05) is 12.5 Å². The lowest BCUT2D eigenvalue weighted by atomic mass is 9.94. The first-order valence-electron chi connectivity index (χ1n) is 7.02. The van der Waals surface area contributed by atoms with Crippen LogP contribution in [0.3, 0.4) is 0 Å². The molecule has 0 aliphatic carbocycles. The van der Waals surface area contributed by atoms with Crippen LogP contribution in [0.2, 0.25) is 0 Å². The number of likely N-dealkylation sites (tertiary alicyclic amines) is 1. The summed E-state index contributed by atoms with van der Waals surface area (Å²) >= 11 is 0. The third kappa shape index (κ3) is 2.56. The van der Waals surface area contributed by atoms with Gasteiger partial charge in [0.1, 0.15) is 12.8 Å².